The van der Waals surface area contributed by atoms with Crippen LogP contribution in [0.3, 0.4) is 0 Å². The van der Waals surface area contributed by atoms with Gasteiger partial charge in [0.05, 0.1) is 5.75 Å². The molecule has 0 amide bonds. The molecular formula is C6H12FNOS. The zero-order chi connectivity index (χ0) is 7.98. The zero-order valence-corrected chi connectivity index (χ0v) is 6.79. The predicted octanol–water partition coefficient (Wildman–Crippen LogP) is 1.13. The Hall–Kier alpha value is -0.250. The molecule has 0 spiro atoms. The maximum Gasteiger partial charge on any atom is 0.109 e. The smallest absolute Gasteiger partial charge is 0.109 e. The largest absolute Gasteiger partial charge is 0.313 e. The molecule has 0 aliphatic carbocycles. The van der Waals surface area contributed by atoms with Crippen molar-refractivity contribution in [2.45, 2.75) is 19.5 Å². The zero-order valence-electron chi connectivity index (χ0n) is 5.97. The van der Waals surface area contributed by atoms with Crippen LogP contribution in [-0.2, 0) is 10.8 Å². The molecule has 2 nitrogen and oxygen atoms in total. The monoisotopic (exact) mass is 165 g/mol. The average Bonchev–Trinajstić information content (AvgIpc) is 1.82. The van der Waals surface area contributed by atoms with E-state index < -0.39 is 17.0 Å². The summed E-state index contributed by atoms with van der Waals surface area (Å²) in [6.07, 6.45) is 0.687. The minimum atomic E-state index is -1.08. The Balaban J connectivity index is 3.34. The van der Waals surface area contributed by atoms with Crippen LogP contribution in [0.2, 0.25) is 0 Å². The van der Waals surface area contributed by atoms with E-state index in [1.807, 2.05) is 0 Å². The third-order valence-corrected chi connectivity index (χ3v) is 2.43. The van der Waals surface area contributed by atoms with Crippen LogP contribution in [0.25, 0.3) is 0 Å². The van der Waals surface area contributed by atoms with Crippen molar-refractivity contribution in [2.24, 2.45) is 0 Å². The third kappa shape index (κ3) is 5.88. The van der Waals surface area contributed by atoms with Crippen molar-refractivity contribution in [3.63, 3.8) is 0 Å². The SMILES string of the molecule is CC(F)CS(=O)CCC=N. The molecule has 2 unspecified atom stereocenters. The Morgan fingerprint density at radius 2 is 2.40 bits per heavy atom. The van der Waals surface area contributed by atoms with Gasteiger partial charge in [-0.1, -0.05) is 0 Å². The van der Waals surface area contributed by atoms with Crippen LogP contribution in [-0.4, -0.2) is 28.1 Å². The molecule has 1 N–H and O–H groups in total. The van der Waals surface area contributed by atoms with E-state index in [0.29, 0.717) is 12.2 Å². The Morgan fingerprint density at radius 3 is 2.80 bits per heavy atom. The van der Waals surface area contributed by atoms with Gasteiger partial charge in [-0.3, -0.25) is 4.21 Å². The summed E-state index contributed by atoms with van der Waals surface area (Å²) in [5.74, 6) is 0.519. The standard InChI is InChI=1S/C6H12FNOS/c1-6(7)5-10(9)4-2-3-8/h3,6,8H,2,4-5H2,1H3. The van der Waals surface area contributed by atoms with Gasteiger partial charge in [0.15, 0.2) is 0 Å². The van der Waals surface area contributed by atoms with Crippen molar-refractivity contribution in [1.29, 1.82) is 5.41 Å². The van der Waals surface area contributed by atoms with Crippen molar-refractivity contribution < 1.29 is 8.60 Å². The normalized spacial score (nSPS) is 16.2. The predicted molar refractivity (Wildman–Crippen MR) is 41.8 cm³/mol. The van der Waals surface area contributed by atoms with Crippen LogP contribution in [0.4, 0.5) is 4.39 Å². The highest BCUT2D eigenvalue weighted by Gasteiger charge is 2.03. The summed E-state index contributed by atoms with van der Waals surface area (Å²) in [6.45, 7) is 1.39. The Labute approximate surface area is 62.8 Å². The topological polar surface area (TPSA) is 40.9 Å². The van der Waals surface area contributed by atoms with Gasteiger partial charge in [-0.25, -0.2) is 4.39 Å². The average molecular weight is 165 g/mol. The van der Waals surface area contributed by atoms with E-state index in [-0.39, 0.29) is 5.75 Å². The van der Waals surface area contributed by atoms with Gasteiger partial charge in [-0.2, -0.15) is 0 Å². The lowest BCUT2D eigenvalue weighted by atomic mass is 10.5. The van der Waals surface area contributed by atoms with Crippen LogP contribution in [0.1, 0.15) is 13.3 Å². The first-order chi connectivity index (χ1) is 4.66. The quantitative estimate of drug-likeness (QED) is 0.610. The summed E-state index contributed by atoms with van der Waals surface area (Å²) in [6, 6.07) is 0. The molecule has 60 valence electrons. The summed E-state index contributed by atoms with van der Waals surface area (Å²) in [4.78, 5) is 0. The summed E-state index contributed by atoms with van der Waals surface area (Å²) >= 11 is 0. The first kappa shape index (κ1) is 9.75. The molecule has 0 rings (SSSR count). The minimum Gasteiger partial charge on any atom is -0.313 e. The van der Waals surface area contributed by atoms with Crippen molar-refractivity contribution in [3.8, 4) is 0 Å². The highest BCUT2D eigenvalue weighted by atomic mass is 32.2. The van der Waals surface area contributed by atoms with Crippen LogP contribution >= 0.6 is 0 Å². The second-order valence-corrected chi connectivity index (χ2v) is 3.71. The first-order valence-electron chi connectivity index (χ1n) is 3.14. The Morgan fingerprint density at radius 1 is 1.80 bits per heavy atom. The highest BCUT2D eigenvalue weighted by Crippen LogP contribution is 1.93. The molecule has 10 heavy (non-hydrogen) atoms. The molecule has 0 aliphatic rings. The third-order valence-electron chi connectivity index (χ3n) is 0.905. The molecule has 0 bridgehead atoms. The van der Waals surface area contributed by atoms with Crippen molar-refractivity contribution in [1.82, 2.24) is 0 Å². The summed E-state index contributed by atoms with van der Waals surface area (Å²) < 4.78 is 22.9. The molecular weight excluding hydrogens is 153 g/mol. The molecule has 0 saturated carbocycles. The van der Waals surface area contributed by atoms with Gasteiger partial charge in [0.25, 0.3) is 0 Å². The molecule has 4 heteroatoms. The second-order valence-electron chi connectivity index (χ2n) is 2.08. The number of hydrogen-bond donors (Lipinski definition) is 1. The molecule has 0 radical (unpaired) electrons. The van der Waals surface area contributed by atoms with Crippen molar-refractivity contribution >= 4 is 17.0 Å². The molecule has 0 aliphatic heterocycles. The van der Waals surface area contributed by atoms with Crippen LogP contribution in [0.5, 0.6) is 0 Å². The van der Waals surface area contributed by atoms with Crippen LogP contribution < -0.4 is 0 Å². The lowest BCUT2D eigenvalue weighted by molar-refractivity contribution is 0.395. The first-order valence-corrected chi connectivity index (χ1v) is 4.63. The van der Waals surface area contributed by atoms with E-state index in [4.69, 9.17) is 5.41 Å². The van der Waals surface area contributed by atoms with E-state index in [9.17, 15) is 8.60 Å². The van der Waals surface area contributed by atoms with Gasteiger partial charge >= 0.3 is 0 Å². The van der Waals surface area contributed by atoms with Gasteiger partial charge in [-0.15, -0.1) is 0 Å². The second kappa shape index (κ2) is 5.53. The molecule has 0 aromatic rings. The van der Waals surface area contributed by atoms with E-state index in [2.05, 4.69) is 0 Å². The molecule has 0 saturated heterocycles. The molecule has 0 heterocycles. The molecule has 0 fully saturated rings. The summed E-state index contributed by atoms with van der Waals surface area (Å²) in [5, 5.41) is 6.63. The number of rotatable bonds is 5. The lowest BCUT2D eigenvalue weighted by Gasteiger charge is -1.99. The van der Waals surface area contributed by atoms with Gasteiger partial charge in [0.2, 0.25) is 0 Å². The number of hydrogen-bond acceptors (Lipinski definition) is 2. The van der Waals surface area contributed by atoms with Crippen molar-refractivity contribution in [2.75, 3.05) is 11.5 Å². The van der Waals surface area contributed by atoms with Gasteiger partial charge in [0, 0.05) is 16.6 Å². The van der Waals surface area contributed by atoms with E-state index in [1.54, 1.807) is 0 Å². The summed E-state index contributed by atoms with van der Waals surface area (Å²) in [7, 11) is -1.08. The van der Waals surface area contributed by atoms with E-state index in [1.165, 1.54) is 13.1 Å². The number of alkyl halides is 1. The fourth-order valence-corrected chi connectivity index (χ4v) is 1.59. The Kier molecular flexibility index (Phi) is 5.39. The number of halogens is 1. The van der Waals surface area contributed by atoms with E-state index in [0.717, 1.165) is 0 Å². The lowest BCUT2D eigenvalue weighted by Crippen LogP contribution is -2.10. The van der Waals surface area contributed by atoms with Crippen LogP contribution in [0, 0.1) is 5.41 Å². The van der Waals surface area contributed by atoms with E-state index >= 15 is 0 Å². The fraction of sp³-hybridized carbons (Fsp3) is 0.833. The molecule has 0 aromatic carbocycles. The summed E-state index contributed by atoms with van der Waals surface area (Å²) in [5.41, 5.74) is 0. The van der Waals surface area contributed by atoms with Crippen molar-refractivity contribution in [3.05, 3.63) is 0 Å². The number of nitrogens with one attached hydrogen (secondary N) is 1. The van der Waals surface area contributed by atoms with Gasteiger partial charge in [0.1, 0.15) is 6.17 Å². The van der Waals surface area contributed by atoms with Crippen LogP contribution in [0.15, 0.2) is 0 Å². The maximum atomic E-state index is 12.1. The molecule has 0 aromatic heterocycles. The highest BCUT2D eigenvalue weighted by molar-refractivity contribution is 7.85. The van der Waals surface area contributed by atoms with Gasteiger partial charge in [-0.05, 0) is 19.6 Å². The fourth-order valence-electron chi connectivity index (χ4n) is 0.530. The minimum absolute atomic E-state index is 0.105. The van der Waals surface area contributed by atoms with Gasteiger partial charge < -0.3 is 5.41 Å². The Bertz CT molecular complexity index is 127. The molecule has 2 atom stereocenters. The maximum absolute atomic E-state index is 12.1.